The lowest BCUT2D eigenvalue weighted by atomic mass is 9.96. The van der Waals surface area contributed by atoms with Crippen molar-refractivity contribution in [2.45, 2.75) is 38.8 Å². The molecule has 3 aromatic rings. The second-order valence-electron chi connectivity index (χ2n) is 6.98. The summed E-state index contributed by atoms with van der Waals surface area (Å²) in [6, 6.07) is 11.7. The van der Waals surface area contributed by atoms with Crippen molar-refractivity contribution < 1.29 is 9.18 Å². The summed E-state index contributed by atoms with van der Waals surface area (Å²) < 4.78 is 15.0. The van der Waals surface area contributed by atoms with Gasteiger partial charge in [0.25, 0.3) is 0 Å². The quantitative estimate of drug-likeness (QED) is 0.627. The van der Waals surface area contributed by atoms with E-state index in [2.05, 4.69) is 15.2 Å². The van der Waals surface area contributed by atoms with Crippen molar-refractivity contribution in [3.63, 3.8) is 0 Å². The molecule has 0 N–H and O–H groups in total. The minimum Gasteiger partial charge on any atom is -0.327 e. The lowest BCUT2D eigenvalue weighted by molar-refractivity contribution is -0.134. The van der Waals surface area contributed by atoms with Gasteiger partial charge in [0.1, 0.15) is 12.1 Å². The zero-order valence-electron chi connectivity index (χ0n) is 16.3. The van der Waals surface area contributed by atoms with Crippen molar-refractivity contribution in [2.75, 3.05) is 0 Å². The molecule has 2 unspecified atom stereocenters. The van der Waals surface area contributed by atoms with Crippen LogP contribution in [0.1, 0.15) is 49.3 Å². The molecule has 0 saturated carbocycles. The minimum atomic E-state index is -0.282. The van der Waals surface area contributed by atoms with Gasteiger partial charge < -0.3 is 9.47 Å². The van der Waals surface area contributed by atoms with Gasteiger partial charge in [0.2, 0.25) is 5.91 Å². The number of halogens is 1. The summed E-state index contributed by atoms with van der Waals surface area (Å²) in [4.78, 5) is 19.3. The fourth-order valence-corrected chi connectivity index (χ4v) is 3.21. The number of carbonyl (C=O) groups excluding carboxylic acids is 1. The largest absolute Gasteiger partial charge is 0.327 e. The summed E-state index contributed by atoms with van der Waals surface area (Å²) in [5.41, 5.74) is 1.73. The van der Waals surface area contributed by atoms with Crippen molar-refractivity contribution in [1.82, 2.24) is 24.6 Å². The van der Waals surface area contributed by atoms with Gasteiger partial charge in [0.05, 0.1) is 18.3 Å². The Balaban J connectivity index is 1.81. The van der Waals surface area contributed by atoms with Crippen LogP contribution in [-0.2, 0) is 18.4 Å². The molecule has 2 aromatic heterocycles. The maximum atomic E-state index is 13.2. The highest BCUT2D eigenvalue weighted by Crippen LogP contribution is 2.25. The minimum absolute atomic E-state index is 0.0158. The Morgan fingerprint density at radius 1 is 1.18 bits per heavy atom. The third kappa shape index (κ3) is 4.60. The fraction of sp³-hybridized carbons (Fsp3) is 0.333. The highest BCUT2D eigenvalue weighted by Gasteiger charge is 2.26. The number of benzene rings is 1. The molecule has 146 valence electrons. The third-order valence-corrected chi connectivity index (χ3v) is 4.89. The Bertz CT molecular complexity index is 910. The molecule has 1 amide bonds. The molecule has 0 bridgehead atoms. The van der Waals surface area contributed by atoms with Gasteiger partial charge in [0, 0.05) is 19.7 Å². The van der Waals surface area contributed by atoms with E-state index in [9.17, 15) is 9.18 Å². The maximum absolute atomic E-state index is 13.2. The Hall–Kier alpha value is -3.09. The van der Waals surface area contributed by atoms with E-state index in [1.165, 1.54) is 12.1 Å². The molecule has 0 aliphatic heterocycles. The Morgan fingerprint density at radius 2 is 1.93 bits per heavy atom. The fourth-order valence-electron chi connectivity index (χ4n) is 3.21. The van der Waals surface area contributed by atoms with Crippen LogP contribution in [0, 0.1) is 5.82 Å². The lowest BCUT2D eigenvalue weighted by Gasteiger charge is -2.29. The second kappa shape index (κ2) is 8.73. The molecule has 2 heterocycles. The Kier molecular flexibility index (Phi) is 6.13. The third-order valence-electron chi connectivity index (χ3n) is 4.89. The number of carbonyl (C=O) groups is 1. The zero-order valence-corrected chi connectivity index (χ0v) is 16.3. The maximum Gasteiger partial charge on any atom is 0.224 e. The van der Waals surface area contributed by atoms with E-state index in [4.69, 9.17) is 0 Å². The van der Waals surface area contributed by atoms with Gasteiger partial charge in [-0.25, -0.2) is 4.39 Å². The van der Waals surface area contributed by atoms with Crippen molar-refractivity contribution in [1.29, 1.82) is 0 Å². The molecule has 0 fully saturated rings. The molecule has 0 saturated heterocycles. The van der Waals surface area contributed by atoms with Crippen LogP contribution in [0.5, 0.6) is 0 Å². The number of pyridine rings is 1. The standard InChI is InChI=1S/C21H24FN5O/c1-15(17-7-9-18(22)10-8-17)12-20(28)27(13-19-6-4-5-11-23-19)16(2)21-25-24-14-26(21)3/h4-11,14-16H,12-13H2,1-3H3. The van der Waals surface area contributed by atoms with Gasteiger partial charge >= 0.3 is 0 Å². The van der Waals surface area contributed by atoms with Crippen molar-refractivity contribution in [3.05, 3.63) is 77.9 Å². The molecule has 1 aromatic carbocycles. The molecule has 28 heavy (non-hydrogen) atoms. The van der Waals surface area contributed by atoms with E-state index in [-0.39, 0.29) is 23.7 Å². The summed E-state index contributed by atoms with van der Waals surface area (Å²) in [5.74, 6) is 0.373. The number of hydrogen-bond acceptors (Lipinski definition) is 4. The second-order valence-corrected chi connectivity index (χ2v) is 6.98. The first-order valence-corrected chi connectivity index (χ1v) is 9.24. The number of rotatable bonds is 7. The molecule has 2 atom stereocenters. The van der Waals surface area contributed by atoms with Crippen LogP contribution in [0.4, 0.5) is 4.39 Å². The molecule has 3 rings (SSSR count). The molecular formula is C21H24FN5O. The molecule has 0 spiro atoms. The van der Waals surface area contributed by atoms with Crippen LogP contribution >= 0.6 is 0 Å². The van der Waals surface area contributed by atoms with E-state index < -0.39 is 0 Å². The molecule has 7 heteroatoms. The number of aromatic nitrogens is 4. The van der Waals surface area contributed by atoms with Crippen molar-refractivity contribution >= 4 is 5.91 Å². The predicted molar refractivity (Wildman–Crippen MR) is 104 cm³/mol. The van der Waals surface area contributed by atoms with Crippen LogP contribution in [0.15, 0.2) is 55.0 Å². The molecular weight excluding hydrogens is 357 g/mol. The number of amides is 1. The lowest BCUT2D eigenvalue weighted by Crippen LogP contribution is -2.35. The van der Waals surface area contributed by atoms with Gasteiger partial charge in [-0.15, -0.1) is 10.2 Å². The molecule has 0 aliphatic carbocycles. The van der Waals surface area contributed by atoms with Gasteiger partial charge in [0.15, 0.2) is 5.82 Å². The van der Waals surface area contributed by atoms with Crippen LogP contribution in [0.2, 0.25) is 0 Å². The Labute approximate surface area is 164 Å². The summed E-state index contributed by atoms with van der Waals surface area (Å²) in [5, 5.41) is 8.10. The highest BCUT2D eigenvalue weighted by molar-refractivity contribution is 5.77. The van der Waals surface area contributed by atoms with Gasteiger partial charge in [-0.2, -0.15) is 0 Å². The van der Waals surface area contributed by atoms with Crippen LogP contribution in [-0.4, -0.2) is 30.6 Å². The summed E-state index contributed by atoms with van der Waals surface area (Å²) in [6.07, 6.45) is 3.64. The summed E-state index contributed by atoms with van der Waals surface area (Å²) in [7, 11) is 1.86. The van der Waals surface area contributed by atoms with Crippen LogP contribution in [0.3, 0.4) is 0 Å². The van der Waals surface area contributed by atoms with Crippen molar-refractivity contribution in [3.8, 4) is 0 Å². The normalized spacial score (nSPS) is 13.1. The average Bonchev–Trinajstić information content (AvgIpc) is 3.12. The summed E-state index contributed by atoms with van der Waals surface area (Å²) >= 11 is 0. The van der Waals surface area contributed by atoms with E-state index in [1.807, 2.05) is 43.7 Å². The first-order valence-electron chi connectivity index (χ1n) is 9.24. The van der Waals surface area contributed by atoms with Gasteiger partial charge in [-0.3, -0.25) is 9.78 Å². The molecule has 0 aliphatic rings. The monoisotopic (exact) mass is 381 g/mol. The van der Waals surface area contributed by atoms with Gasteiger partial charge in [-0.1, -0.05) is 25.1 Å². The number of aryl methyl sites for hydroxylation is 1. The first-order chi connectivity index (χ1) is 13.5. The summed E-state index contributed by atoms with van der Waals surface area (Å²) in [6.45, 7) is 4.29. The van der Waals surface area contributed by atoms with Gasteiger partial charge in [-0.05, 0) is 42.7 Å². The van der Waals surface area contributed by atoms with Crippen molar-refractivity contribution in [2.24, 2.45) is 7.05 Å². The molecule has 6 nitrogen and oxygen atoms in total. The van der Waals surface area contributed by atoms with E-state index in [1.54, 1.807) is 29.6 Å². The van der Waals surface area contributed by atoms with Crippen LogP contribution in [0.25, 0.3) is 0 Å². The topological polar surface area (TPSA) is 63.9 Å². The first kappa shape index (κ1) is 19.7. The van der Waals surface area contributed by atoms with E-state index in [0.717, 1.165) is 11.3 Å². The average molecular weight is 381 g/mol. The van der Waals surface area contributed by atoms with E-state index in [0.29, 0.717) is 18.8 Å². The highest BCUT2D eigenvalue weighted by atomic mass is 19.1. The number of nitrogens with zero attached hydrogens (tertiary/aromatic N) is 5. The van der Waals surface area contributed by atoms with E-state index >= 15 is 0 Å². The number of hydrogen-bond donors (Lipinski definition) is 0. The molecule has 0 radical (unpaired) electrons. The van der Waals surface area contributed by atoms with Crippen LogP contribution < -0.4 is 0 Å². The predicted octanol–water partition coefficient (Wildman–Crippen LogP) is 3.63. The SMILES string of the molecule is CC(CC(=O)N(Cc1ccccn1)C(C)c1nncn1C)c1ccc(F)cc1. The zero-order chi connectivity index (χ0) is 20.1. The smallest absolute Gasteiger partial charge is 0.224 e. The Morgan fingerprint density at radius 3 is 2.54 bits per heavy atom.